The number of carbonyl (C=O) groups is 3. The molecule has 8 heteroatoms. The van der Waals surface area contributed by atoms with E-state index in [4.69, 9.17) is 4.74 Å². The fourth-order valence-corrected chi connectivity index (χ4v) is 2.74. The van der Waals surface area contributed by atoms with Gasteiger partial charge in [0, 0.05) is 17.7 Å². The first-order valence-corrected chi connectivity index (χ1v) is 9.56. The Kier molecular flexibility index (Phi) is 7.05. The predicted octanol–water partition coefficient (Wildman–Crippen LogP) is 3.10. The van der Waals surface area contributed by atoms with Gasteiger partial charge < -0.3 is 10.1 Å². The number of carbonyl (C=O) groups excluding carboxylic acids is 3. The zero-order valence-electron chi connectivity index (χ0n) is 16.6. The Bertz CT molecular complexity index is 997. The normalized spacial score (nSPS) is 10.4. The highest BCUT2D eigenvalue weighted by atomic mass is 16.5. The van der Waals surface area contributed by atoms with Gasteiger partial charge in [-0.2, -0.15) is 5.10 Å². The lowest BCUT2D eigenvalue weighted by molar-refractivity contribution is -0.116. The molecule has 154 valence electrons. The molecule has 0 aliphatic heterocycles. The lowest BCUT2D eigenvalue weighted by Gasteiger charge is -2.07. The van der Waals surface area contributed by atoms with E-state index >= 15 is 0 Å². The van der Waals surface area contributed by atoms with Crippen molar-refractivity contribution in [3.8, 4) is 0 Å². The number of esters is 1. The predicted molar refractivity (Wildman–Crippen MR) is 110 cm³/mol. The van der Waals surface area contributed by atoms with E-state index in [1.165, 1.54) is 6.33 Å². The quantitative estimate of drug-likeness (QED) is 0.433. The van der Waals surface area contributed by atoms with Gasteiger partial charge in [-0.3, -0.25) is 9.59 Å². The lowest BCUT2D eigenvalue weighted by atomic mass is 10.1. The van der Waals surface area contributed by atoms with Crippen molar-refractivity contribution in [2.45, 2.75) is 26.3 Å². The van der Waals surface area contributed by atoms with E-state index in [1.807, 2.05) is 6.92 Å². The minimum atomic E-state index is -0.570. The van der Waals surface area contributed by atoms with Crippen LogP contribution in [0.2, 0.25) is 0 Å². The summed E-state index contributed by atoms with van der Waals surface area (Å²) in [5.41, 5.74) is 2.34. The van der Waals surface area contributed by atoms with Gasteiger partial charge in [0.05, 0.1) is 12.1 Å². The lowest BCUT2D eigenvalue weighted by Crippen LogP contribution is -2.15. The van der Waals surface area contributed by atoms with Gasteiger partial charge in [0.15, 0.2) is 12.4 Å². The number of nitrogens with zero attached hydrogens (tertiary/aromatic N) is 3. The summed E-state index contributed by atoms with van der Waals surface area (Å²) < 4.78 is 6.80. The van der Waals surface area contributed by atoms with Gasteiger partial charge in [-0.1, -0.05) is 19.1 Å². The van der Waals surface area contributed by atoms with Crippen LogP contribution in [0.15, 0.2) is 61.2 Å². The van der Waals surface area contributed by atoms with Crippen molar-refractivity contribution in [1.82, 2.24) is 14.8 Å². The zero-order valence-corrected chi connectivity index (χ0v) is 16.6. The van der Waals surface area contributed by atoms with Crippen molar-refractivity contribution in [2.24, 2.45) is 0 Å². The van der Waals surface area contributed by atoms with Gasteiger partial charge in [0.2, 0.25) is 5.91 Å². The average Bonchev–Trinajstić information content (AvgIpc) is 3.26. The molecule has 0 saturated carbocycles. The number of hydrogen-bond donors (Lipinski definition) is 1. The molecule has 30 heavy (non-hydrogen) atoms. The number of anilines is 1. The molecule has 0 radical (unpaired) electrons. The van der Waals surface area contributed by atoms with Crippen LogP contribution in [-0.2, 0) is 16.1 Å². The molecule has 0 aliphatic rings. The van der Waals surface area contributed by atoms with Crippen LogP contribution in [-0.4, -0.2) is 39.0 Å². The van der Waals surface area contributed by atoms with E-state index < -0.39 is 5.97 Å². The third kappa shape index (κ3) is 5.84. The third-order valence-electron chi connectivity index (χ3n) is 4.30. The van der Waals surface area contributed by atoms with Gasteiger partial charge in [-0.05, 0) is 48.4 Å². The van der Waals surface area contributed by atoms with Gasteiger partial charge in [0.25, 0.3) is 0 Å². The number of rotatable bonds is 9. The molecule has 3 aromatic rings. The van der Waals surface area contributed by atoms with Crippen LogP contribution < -0.4 is 5.32 Å². The first-order chi connectivity index (χ1) is 14.5. The summed E-state index contributed by atoms with van der Waals surface area (Å²) in [6.45, 7) is 2.11. The molecule has 1 amide bonds. The van der Waals surface area contributed by atoms with Crippen LogP contribution in [0.5, 0.6) is 0 Å². The topological polar surface area (TPSA) is 103 Å². The van der Waals surface area contributed by atoms with Gasteiger partial charge in [0.1, 0.15) is 12.7 Å². The summed E-state index contributed by atoms with van der Waals surface area (Å²) in [5, 5.41) is 6.78. The van der Waals surface area contributed by atoms with Crippen molar-refractivity contribution < 1.29 is 19.1 Å². The fraction of sp³-hybridized carbons (Fsp3) is 0.227. The van der Waals surface area contributed by atoms with Crippen LogP contribution in [0.4, 0.5) is 5.69 Å². The molecule has 2 aromatic carbocycles. The molecule has 0 unspecified atom stereocenters. The van der Waals surface area contributed by atoms with E-state index in [0.717, 1.165) is 12.0 Å². The van der Waals surface area contributed by atoms with Crippen LogP contribution in [0.25, 0.3) is 0 Å². The Balaban J connectivity index is 1.50. The van der Waals surface area contributed by atoms with Crippen molar-refractivity contribution in [3.63, 3.8) is 0 Å². The highest BCUT2D eigenvalue weighted by Gasteiger charge is 2.12. The smallest absolute Gasteiger partial charge is 0.338 e. The van der Waals surface area contributed by atoms with Crippen LogP contribution in [0.1, 0.15) is 46.0 Å². The maximum Gasteiger partial charge on any atom is 0.338 e. The minimum absolute atomic E-state index is 0.0715. The van der Waals surface area contributed by atoms with E-state index in [9.17, 15) is 14.4 Å². The molecule has 1 aromatic heterocycles. The molecular weight excluding hydrogens is 384 g/mol. The molecule has 0 spiro atoms. The second-order valence-electron chi connectivity index (χ2n) is 6.66. The maximum atomic E-state index is 12.3. The molecule has 3 rings (SSSR count). The van der Waals surface area contributed by atoms with E-state index in [0.29, 0.717) is 29.8 Å². The largest absolute Gasteiger partial charge is 0.454 e. The Morgan fingerprint density at radius 3 is 2.33 bits per heavy atom. The number of hydrogen-bond acceptors (Lipinski definition) is 6. The number of ketones is 1. The van der Waals surface area contributed by atoms with Gasteiger partial charge >= 0.3 is 5.97 Å². The number of ether oxygens (including phenoxy) is 1. The summed E-state index contributed by atoms with van der Waals surface area (Å²) in [4.78, 5) is 39.9. The third-order valence-corrected chi connectivity index (χ3v) is 4.30. The van der Waals surface area contributed by atoms with Crippen molar-refractivity contribution in [3.05, 3.63) is 77.9 Å². The summed E-state index contributed by atoms with van der Waals surface area (Å²) in [6, 6.07) is 13.4. The zero-order chi connectivity index (χ0) is 21.3. The van der Waals surface area contributed by atoms with Crippen molar-refractivity contribution in [1.29, 1.82) is 0 Å². The maximum absolute atomic E-state index is 12.3. The molecule has 1 N–H and O–H groups in total. The Morgan fingerprint density at radius 1 is 1.00 bits per heavy atom. The second-order valence-corrected chi connectivity index (χ2v) is 6.66. The fourth-order valence-electron chi connectivity index (χ4n) is 2.74. The molecule has 0 atom stereocenters. The van der Waals surface area contributed by atoms with E-state index in [2.05, 4.69) is 15.4 Å². The van der Waals surface area contributed by atoms with Crippen LogP contribution in [0.3, 0.4) is 0 Å². The first-order valence-electron chi connectivity index (χ1n) is 9.56. The van der Waals surface area contributed by atoms with Crippen molar-refractivity contribution >= 4 is 23.3 Å². The summed E-state index contributed by atoms with van der Waals surface area (Å²) in [5.74, 6) is -0.963. The van der Waals surface area contributed by atoms with Crippen molar-refractivity contribution in [2.75, 3.05) is 11.9 Å². The van der Waals surface area contributed by atoms with Gasteiger partial charge in [-0.25, -0.2) is 14.5 Å². The number of benzene rings is 2. The van der Waals surface area contributed by atoms with Crippen LogP contribution in [0, 0.1) is 0 Å². The molecule has 8 nitrogen and oxygen atoms in total. The molecule has 0 saturated heterocycles. The highest BCUT2D eigenvalue weighted by Crippen LogP contribution is 2.12. The molecule has 0 bridgehead atoms. The SMILES string of the molecule is CCCC(=O)Nc1ccc(C(=O)COC(=O)c2ccc(Cn3cncn3)cc2)cc1. The first kappa shape index (κ1) is 20.9. The Morgan fingerprint density at radius 2 is 1.70 bits per heavy atom. The van der Waals surface area contributed by atoms with E-state index in [1.54, 1.807) is 59.5 Å². The molecular formula is C22H22N4O4. The monoisotopic (exact) mass is 406 g/mol. The standard InChI is InChI=1S/C22H22N4O4/c1-2-3-21(28)25-19-10-8-17(9-11-19)20(27)13-30-22(29)18-6-4-16(5-7-18)12-26-15-23-14-24-26/h4-11,14-15H,2-3,12-13H2,1H3,(H,25,28). The molecule has 1 heterocycles. The molecule has 0 aliphatic carbocycles. The summed E-state index contributed by atoms with van der Waals surface area (Å²) in [7, 11) is 0. The molecule has 0 fully saturated rings. The second kappa shape index (κ2) is 10.1. The summed E-state index contributed by atoms with van der Waals surface area (Å²) >= 11 is 0. The van der Waals surface area contributed by atoms with E-state index in [-0.39, 0.29) is 18.3 Å². The minimum Gasteiger partial charge on any atom is -0.454 e. The average molecular weight is 406 g/mol. The van der Waals surface area contributed by atoms with Crippen LogP contribution >= 0.6 is 0 Å². The Hall–Kier alpha value is -3.81. The number of amides is 1. The highest BCUT2D eigenvalue weighted by molar-refractivity contribution is 6.00. The summed E-state index contributed by atoms with van der Waals surface area (Å²) in [6.07, 6.45) is 4.27. The number of nitrogens with one attached hydrogen (secondary N) is 1. The number of Topliss-reactive ketones (excluding diaryl/α,β-unsaturated/α-hetero) is 1. The van der Waals surface area contributed by atoms with Gasteiger partial charge in [-0.15, -0.1) is 0 Å². The Labute approximate surface area is 173 Å². The number of aromatic nitrogens is 3.